The van der Waals surface area contributed by atoms with Crippen LogP contribution in [0.5, 0.6) is 0 Å². The molecule has 0 spiro atoms. The maximum atomic E-state index is 12.8. The van der Waals surface area contributed by atoms with E-state index in [1.54, 1.807) is 26.0 Å². The lowest BCUT2D eigenvalue weighted by Gasteiger charge is -2.29. The van der Waals surface area contributed by atoms with E-state index in [2.05, 4.69) is 5.32 Å². The van der Waals surface area contributed by atoms with E-state index in [0.29, 0.717) is 12.0 Å². The fourth-order valence-electron chi connectivity index (χ4n) is 3.82. The van der Waals surface area contributed by atoms with Gasteiger partial charge in [0.15, 0.2) is 12.4 Å². The predicted octanol–water partition coefficient (Wildman–Crippen LogP) is 3.91. The number of aryl methyl sites for hydroxylation is 1. The highest BCUT2D eigenvalue weighted by Crippen LogP contribution is 2.31. The van der Waals surface area contributed by atoms with Crippen LogP contribution in [0.4, 0.5) is 0 Å². The molecule has 0 atom stereocenters. The van der Waals surface area contributed by atoms with Crippen LogP contribution in [-0.4, -0.2) is 55.0 Å². The van der Waals surface area contributed by atoms with Gasteiger partial charge in [-0.15, -0.1) is 0 Å². The van der Waals surface area contributed by atoms with E-state index in [1.807, 2.05) is 36.4 Å². The number of benzene rings is 2. The average molecular weight is 556 g/mol. The topological polar surface area (TPSA) is 125 Å². The molecule has 0 saturated heterocycles. The zero-order valence-electron chi connectivity index (χ0n) is 22.3. The van der Waals surface area contributed by atoms with Gasteiger partial charge in [-0.25, -0.2) is 9.59 Å². The van der Waals surface area contributed by atoms with Crippen molar-refractivity contribution >= 4 is 41.4 Å². The second-order valence-electron chi connectivity index (χ2n) is 9.10. The number of ether oxygens (including phenoxy) is 3. The number of carbonyl (C=O) groups excluding carboxylic acids is 5. The van der Waals surface area contributed by atoms with Crippen molar-refractivity contribution in [2.24, 2.45) is 5.92 Å². The normalized spacial score (nSPS) is 12.8. The van der Waals surface area contributed by atoms with Crippen molar-refractivity contribution in [1.82, 2.24) is 5.32 Å². The third-order valence-electron chi connectivity index (χ3n) is 6.02. The SMILES string of the molecule is CCOC(=O)C(CCc1ccc(Sc2ccc(C(=O)COC(=O)C3CC3)cc2)cc1)(NC(C)=O)C(=O)OCC. The Bertz CT molecular complexity index is 1170. The van der Waals surface area contributed by atoms with Gasteiger partial charge in [-0.05, 0) is 69.4 Å². The Morgan fingerprint density at radius 3 is 1.87 bits per heavy atom. The fraction of sp³-hybridized carbons (Fsp3) is 0.414. The monoisotopic (exact) mass is 555 g/mol. The third kappa shape index (κ3) is 8.41. The molecule has 3 rings (SSSR count). The highest BCUT2D eigenvalue weighted by atomic mass is 32.2. The lowest BCUT2D eigenvalue weighted by atomic mass is 9.90. The lowest BCUT2D eigenvalue weighted by Crippen LogP contribution is -2.61. The maximum absolute atomic E-state index is 12.8. The van der Waals surface area contributed by atoms with Gasteiger partial charge in [0.2, 0.25) is 11.4 Å². The molecule has 2 aromatic rings. The van der Waals surface area contributed by atoms with Crippen molar-refractivity contribution in [2.75, 3.05) is 19.8 Å². The van der Waals surface area contributed by atoms with Gasteiger partial charge in [-0.1, -0.05) is 36.0 Å². The minimum absolute atomic E-state index is 0.0256. The molecule has 0 aliphatic heterocycles. The largest absolute Gasteiger partial charge is 0.464 e. The average Bonchev–Trinajstić information content (AvgIpc) is 3.76. The number of hydrogen-bond donors (Lipinski definition) is 1. The summed E-state index contributed by atoms with van der Waals surface area (Å²) < 4.78 is 15.3. The first kappa shape index (κ1) is 29.9. The summed E-state index contributed by atoms with van der Waals surface area (Å²) in [6.45, 7) is 4.32. The fourth-order valence-corrected chi connectivity index (χ4v) is 4.64. The van der Waals surface area contributed by atoms with E-state index in [0.717, 1.165) is 28.2 Å². The van der Waals surface area contributed by atoms with Crippen LogP contribution in [0.1, 0.15) is 56.0 Å². The highest BCUT2D eigenvalue weighted by Gasteiger charge is 2.49. The smallest absolute Gasteiger partial charge is 0.343 e. The van der Waals surface area contributed by atoms with E-state index >= 15 is 0 Å². The molecule has 1 N–H and O–H groups in total. The Hall–Kier alpha value is -3.66. The van der Waals surface area contributed by atoms with Crippen LogP contribution >= 0.6 is 11.8 Å². The number of amides is 1. The number of ketones is 1. The molecule has 0 radical (unpaired) electrons. The first-order chi connectivity index (χ1) is 18.7. The summed E-state index contributed by atoms with van der Waals surface area (Å²) in [5.74, 6) is -2.84. The standard InChI is InChI=1S/C29H33NO8S/c1-4-36-27(34)29(30-19(3)31,28(35)37-5-2)17-16-20-6-12-23(13-7-20)39-24-14-10-21(11-15-24)25(32)18-38-26(33)22-8-9-22/h6-7,10-15,22H,4-5,8-9,16-18H2,1-3H3,(H,30,31). The molecule has 0 unspecified atom stereocenters. The van der Waals surface area contributed by atoms with Gasteiger partial charge in [0.05, 0.1) is 19.1 Å². The van der Waals surface area contributed by atoms with Crippen LogP contribution in [0.3, 0.4) is 0 Å². The van der Waals surface area contributed by atoms with E-state index in [1.165, 1.54) is 18.7 Å². The molecule has 9 nitrogen and oxygen atoms in total. The molecule has 1 aliphatic carbocycles. The Morgan fingerprint density at radius 1 is 0.846 bits per heavy atom. The maximum Gasteiger partial charge on any atom is 0.343 e. The van der Waals surface area contributed by atoms with E-state index in [9.17, 15) is 24.0 Å². The van der Waals surface area contributed by atoms with Crippen LogP contribution < -0.4 is 5.32 Å². The van der Waals surface area contributed by atoms with Crippen molar-refractivity contribution in [2.45, 2.75) is 61.8 Å². The summed E-state index contributed by atoms with van der Waals surface area (Å²) in [5.41, 5.74) is -0.603. The van der Waals surface area contributed by atoms with Crippen LogP contribution in [0, 0.1) is 5.92 Å². The van der Waals surface area contributed by atoms with Crippen molar-refractivity contribution in [3.8, 4) is 0 Å². The number of hydrogen-bond acceptors (Lipinski definition) is 9. The first-order valence-electron chi connectivity index (χ1n) is 12.9. The highest BCUT2D eigenvalue weighted by molar-refractivity contribution is 7.99. The van der Waals surface area contributed by atoms with E-state index < -0.39 is 23.4 Å². The summed E-state index contributed by atoms with van der Waals surface area (Å²) in [6, 6.07) is 14.6. The summed E-state index contributed by atoms with van der Waals surface area (Å²) in [6.07, 6.45) is 1.95. The zero-order valence-corrected chi connectivity index (χ0v) is 23.1. The van der Waals surface area contributed by atoms with Gasteiger partial charge in [0, 0.05) is 22.3 Å². The Labute approximate surface area is 232 Å². The third-order valence-corrected chi connectivity index (χ3v) is 7.03. The first-order valence-corrected chi connectivity index (χ1v) is 13.7. The van der Waals surface area contributed by atoms with Crippen molar-refractivity contribution < 1.29 is 38.2 Å². The molecule has 10 heteroatoms. The molecular formula is C29H33NO8S. The van der Waals surface area contributed by atoms with Crippen molar-refractivity contribution in [3.05, 3.63) is 59.7 Å². The molecule has 1 saturated carbocycles. The summed E-state index contributed by atoms with van der Waals surface area (Å²) in [5, 5.41) is 2.47. The van der Waals surface area contributed by atoms with Gasteiger partial charge < -0.3 is 19.5 Å². The molecule has 1 amide bonds. The Kier molecular flexibility index (Phi) is 10.7. The van der Waals surface area contributed by atoms with E-state index in [-0.39, 0.29) is 43.9 Å². The number of carbonyl (C=O) groups is 5. The van der Waals surface area contributed by atoms with Gasteiger partial charge in [-0.3, -0.25) is 14.4 Å². The number of Topliss-reactive ketones (excluding diaryl/α,β-unsaturated/α-hetero) is 1. The molecule has 1 fully saturated rings. The van der Waals surface area contributed by atoms with Gasteiger partial charge in [0.25, 0.3) is 0 Å². The molecule has 0 bridgehead atoms. The quantitative estimate of drug-likeness (QED) is 0.160. The van der Waals surface area contributed by atoms with Crippen LogP contribution in [0.2, 0.25) is 0 Å². The minimum atomic E-state index is -1.93. The van der Waals surface area contributed by atoms with Crippen LogP contribution in [0.15, 0.2) is 58.3 Å². The molecule has 0 heterocycles. The van der Waals surface area contributed by atoms with Crippen LogP contribution in [0.25, 0.3) is 0 Å². The number of esters is 3. The lowest BCUT2D eigenvalue weighted by molar-refractivity contribution is -0.168. The van der Waals surface area contributed by atoms with Crippen molar-refractivity contribution in [3.63, 3.8) is 0 Å². The molecule has 0 aromatic heterocycles. The number of nitrogens with one attached hydrogen (secondary N) is 1. The molecule has 39 heavy (non-hydrogen) atoms. The predicted molar refractivity (Wildman–Crippen MR) is 143 cm³/mol. The van der Waals surface area contributed by atoms with Gasteiger partial charge in [0.1, 0.15) is 0 Å². The Morgan fingerprint density at radius 2 is 1.38 bits per heavy atom. The minimum Gasteiger partial charge on any atom is -0.464 e. The molecular weight excluding hydrogens is 522 g/mol. The van der Waals surface area contributed by atoms with E-state index in [4.69, 9.17) is 14.2 Å². The van der Waals surface area contributed by atoms with Gasteiger partial charge in [-0.2, -0.15) is 0 Å². The second-order valence-corrected chi connectivity index (χ2v) is 10.2. The molecule has 1 aliphatic rings. The second kappa shape index (κ2) is 13.9. The van der Waals surface area contributed by atoms with Crippen molar-refractivity contribution in [1.29, 1.82) is 0 Å². The van der Waals surface area contributed by atoms with Crippen LogP contribution in [-0.2, 0) is 39.8 Å². The summed E-state index contributed by atoms with van der Waals surface area (Å²) in [7, 11) is 0. The number of rotatable bonds is 14. The summed E-state index contributed by atoms with van der Waals surface area (Å²) >= 11 is 1.50. The Balaban J connectivity index is 1.61. The summed E-state index contributed by atoms with van der Waals surface area (Å²) in [4.78, 5) is 63.2. The van der Waals surface area contributed by atoms with Gasteiger partial charge >= 0.3 is 17.9 Å². The zero-order chi connectivity index (χ0) is 28.4. The molecule has 2 aromatic carbocycles. The molecule has 208 valence electrons.